The summed E-state index contributed by atoms with van der Waals surface area (Å²) < 4.78 is 7.33. The topological polar surface area (TPSA) is 50.6 Å². The molecule has 0 bridgehead atoms. The summed E-state index contributed by atoms with van der Waals surface area (Å²) in [7, 11) is 1.69. The molecule has 0 radical (unpaired) electrons. The molecule has 1 amide bonds. The highest BCUT2D eigenvalue weighted by Gasteiger charge is 2.30. The predicted molar refractivity (Wildman–Crippen MR) is 104 cm³/mol. The highest BCUT2D eigenvalue weighted by molar-refractivity contribution is 5.79. The van der Waals surface area contributed by atoms with Crippen LogP contribution in [0.2, 0.25) is 0 Å². The smallest absolute Gasteiger partial charge is 0.226 e. The van der Waals surface area contributed by atoms with Gasteiger partial charge in [-0.15, -0.1) is 0 Å². The summed E-state index contributed by atoms with van der Waals surface area (Å²) in [4.78, 5) is 17.3. The summed E-state index contributed by atoms with van der Waals surface area (Å²) in [6, 6.07) is 8.04. The van der Waals surface area contributed by atoms with E-state index < -0.39 is 0 Å². The standard InChI is InChI=1S/C21H28N4O2/c1-27-19-7-8-20(25-13-5-9-22-25)18(14-19)16-23-10-4-6-17(15-23)21(26)24-11-2-3-12-24/h5,7-9,13-14,17H,2-4,6,10-12,15-16H2,1H3. The number of hydrogen-bond donors (Lipinski definition) is 0. The third-order valence-corrected chi connectivity index (χ3v) is 5.70. The Bertz CT molecular complexity index is 768. The summed E-state index contributed by atoms with van der Waals surface area (Å²) in [5.74, 6) is 1.34. The number of rotatable bonds is 5. The van der Waals surface area contributed by atoms with Crippen LogP contribution in [-0.2, 0) is 11.3 Å². The van der Waals surface area contributed by atoms with E-state index in [9.17, 15) is 4.79 Å². The van der Waals surface area contributed by atoms with Gasteiger partial charge < -0.3 is 9.64 Å². The molecule has 2 fully saturated rings. The maximum atomic E-state index is 12.8. The number of hydrogen-bond acceptors (Lipinski definition) is 4. The zero-order valence-corrected chi connectivity index (χ0v) is 16.0. The lowest BCUT2D eigenvalue weighted by atomic mass is 9.96. The second kappa shape index (κ2) is 8.13. The second-order valence-electron chi connectivity index (χ2n) is 7.55. The first-order valence-corrected chi connectivity index (χ1v) is 9.92. The van der Waals surface area contributed by atoms with Crippen LogP contribution in [0.4, 0.5) is 0 Å². The Hall–Kier alpha value is -2.34. The van der Waals surface area contributed by atoms with Crippen LogP contribution in [-0.4, -0.2) is 58.8 Å². The van der Waals surface area contributed by atoms with Gasteiger partial charge in [0.05, 0.1) is 18.7 Å². The molecule has 2 aromatic rings. The van der Waals surface area contributed by atoms with Gasteiger partial charge in [0.1, 0.15) is 5.75 Å². The van der Waals surface area contributed by atoms with Crippen molar-refractivity contribution >= 4 is 5.91 Å². The van der Waals surface area contributed by atoms with Crippen LogP contribution in [0.15, 0.2) is 36.7 Å². The van der Waals surface area contributed by atoms with Gasteiger partial charge in [-0.25, -0.2) is 4.68 Å². The number of carbonyl (C=O) groups excluding carboxylic acids is 1. The SMILES string of the molecule is COc1ccc(-n2cccn2)c(CN2CCCC(C(=O)N3CCCC3)C2)c1. The molecule has 0 aliphatic carbocycles. The molecule has 6 heteroatoms. The van der Waals surface area contributed by atoms with Crippen molar-refractivity contribution in [2.45, 2.75) is 32.2 Å². The van der Waals surface area contributed by atoms with Gasteiger partial charge in [-0.3, -0.25) is 9.69 Å². The van der Waals surface area contributed by atoms with Crippen LogP contribution in [0, 0.1) is 5.92 Å². The number of piperidine rings is 1. The van der Waals surface area contributed by atoms with Crippen molar-refractivity contribution in [3.05, 3.63) is 42.2 Å². The van der Waals surface area contributed by atoms with Crippen LogP contribution in [0.3, 0.4) is 0 Å². The van der Waals surface area contributed by atoms with E-state index in [-0.39, 0.29) is 5.92 Å². The fraction of sp³-hybridized carbons (Fsp3) is 0.524. The van der Waals surface area contributed by atoms with E-state index in [1.807, 2.05) is 23.0 Å². The second-order valence-corrected chi connectivity index (χ2v) is 7.55. The molecule has 0 saturated carbocycles. The number of carbonyl (C=O) groups is 1. The molecule has 3 heterocycles. The van der Waals surface area contributed by atoms with E-state index in [0.717, 1.165) is 69.8 Å². The minimum atomic E-state index is 0.135. The number of likely N-dealkylation sites (tertiary alicyclic amines) is 2. The number of ether oxygens (including phenoxy) is 1. The lowest BCUT2D eigenvalue weighted by Gasteiger charge is -2.34. The molecular formula is C21H28N4O2. The van der Waals surface area contributed by atoms with E-state index in [0.29, 0.717) is 5.91 Å². The normalized spacial score (nSPS) is 20.8. The molecule has 2 saturated heterocycles. The number of nitrogens with zero attached hydrogens (tertiary/aromatic N) is 4. The van der Waals surface area contributed by atoms with Gasteiger partial charge in [-0.1, -0.05) is 0 Å². The first kappa shape index (κ1) is 18.0. The van der Waals surface area contributed by atoms with Gasteiger partial charge in [-0.05, 0) is 62.1 Å². The molecule has 1 atom stereocenters. The largest absolute Gasteiger partial charge is 0.497 e. The van der Waals surface area contributed by atoms with Crippen molar-refractivity contribution in [2.75, 3.05) is 33.3 Å². The molecule has 6 nitrogen and oxygen atoms in total. The quantitative estimate of drug-likeness (QED) is 0.814. The van der Waals surface area contributed by atoms with Crippen LogP contribution >= 0.6 is 0 Å². The van der Waals surface area contributed by atoms with E-state index in [1.54, 1.807) is 13.3 Å². The van der Waals surface area contributed by atoms with Crippen molar-refractivity contribution in [1.82, 2.24) is 19.6 Å². The Morgan fingerprint density at radius 2 is 2.07 bits per heavy atom. The van der Waals surface area contributed by atoms with Crippen LogP contribution in [0.25, 0.3) is 5.69 Å². The van der Waals surface area contributed by atoms with Crippen LogP contribution < -0.4 is 4.74 Å². The van der Waals surface area contributed by atoms with Crippen molar-refractivity contribution in [3.63, 3.8) is 0 Å². The first-order valence-electron chi connectivity index (χ1n) is 9.92. The molecule has 1 aromatic carbocycles. The van der Waals surface area contributed by atoms with Gasteiger partial charge in [0.25, 0.3) is 0 Å². The molecule has 1 unspecified atom stereocenters. The number of amides is 1. The first-order chi connectivity index (χ1) is 13.2. The summed E-state index contributed by atoms with van der Waals surface area (Å²) in [6.07, 6.45) is 8.14. The summed E-state index contributed by atoms with van der Waals surface area (Å²) in [5, 5.41) is 4.39. The number of benzene rings is 1. The maximum absolute atomic E-state index is 12.8. The fourth-order valence-corrected chi connectivity index (χ4v) is 4.29. The number of aromatic nitrogens is 2. The third kappa shape index (κ3) is 4.00. The molecule has 2 aliphatic heterocycles. The zero-order valence-electron chi connectivity index (χ0n) is 16.0. The Morgan fingerprint density at radius 3 is 2.81 bits per heavy atom. The molecule has 0 N–H and O–H groups in total. The van der Waals surface area contributed by atoms with E-state index in [4.69, 9.17) is 4.74 Å². The Morgan fingerprint density at radius 1 is 1.22 bits per heavy atom. The average molecular weight is 368 g/mol. The minimum absolute atomic E-state index is 0.135. The molecule has 2 aliphatic rings. The fourth-order valence-electron chi connectivity index (χ4n) is 4.29. The minimum Gasteiger partial charge on any atom is -0.497 e. The lowest BCUT2D eigenvalue weighted by Crippen LogP contribution is -2.43. The summed E-state index contributed by atoms with van der Waals surface area (Å²) >= 11 is 0. The molecular weight excluding hydrogens is 340 g/mol. The molecule has 27 heavy (non-hydrogen) atoms. The molecule has 0 spiro atoms. The predicted octanol–water partition coefficient (Wildman–Crippen LogP) is 2.72. The monoisotopic (exact) mass is 368 g/mol. The molecule has 1 aromatic heterocycles. The molecule has 144 valence electrons. The third-order valence-electron chi connectivity index (χ3n) is 5.70. The van der Waals surface area contributed by atoms with Crippen LogP contribution in [0.5, 0.6) is 5.75 Å². The van der Waals surface area contributed by atoms with Gasteiger partial charge >= 0.3 is 0 Å². The highest BCUT2D eigenvalue weighted by atomic mass is 16.5. The lowest BCUT2D eigenvalue weighted by molar-refractivity contribution is -0.136. The van der Waals surface area contributed by atoms with Crippen molar-refractivity contribution in [2.24, 2.45) is 5.92 Å². The Labute approximate surface area is 160 Å². The zero-order chi connectivity index (χ0) is 18.6. The maximum Gasteiger partial charge on any atom is 0.226 e. The van der Waals surface area contributed by atoms with E-state index in [1.165, 1.54) is 5.56 Å². The molecule has 4 rings (SSSR count). The van der Waals surface area contributed by atoms with Crippen LogP contribution in [0.1, 0.15) is 31.2 Å². The van der Waals surface area contributed by atoms with Gasteiger partial charge in [0, 0.05) is 38.6 Å². The summed E-state index contributed by atoms with van der Waals surface area (Å²) in [6.45, 7) is 4.55. The van der Waals surface area contributed by atoms with Crippen molar-refractivity contribution in [3.8, 4) is 11.4 Å². The Balaban J connectivity index is 1.50. The highest BCUT2D eigenvalue weighted by Crippen LogP contribution is 2.26. The van der Waals surface area contributed by atoms with Crippen molar-refractivity contribution in [1.29, 1.82) is 0 Å². The Kier molecular flexibility index (Phi) is 5.43. The average Bonchev–Trinajstić information content (AvgIpc) is 3.41. The van der Waals surface area contributed by atoms with E-state index in [2.05, 4.69) is 27.0 Å². The summed E-state index contributed by atoms with van der Waals surface area (Å²) in [5.41, 5.74) is 2.24. The van der Waals surface area contributed by atoms with Crippen molar-refractivity contribution < 1.29 is 9.53 Å². The number of methoxy groups -OCH3 is 1. The van der Waals surface area contributed by atoms with Gasteiger partial charge in [0.15, 0.2) is 0 Å². The van der Waals surface area contributed by atoms with E-state index >= 15 is 0 Å². The van der Waals surface area contributed by atoms with Gasteiger partial charge in [0.2, 0.25) is 5.91 Å². The van der Waals surface area contributed by atoms with Gasteiger partial charge in [-0.2, -0.15) is 5.10 Å².